The Balaban J connectivity index is 1.51. The van der Waals surface area contributed by atoms with Gasteiger partial charge in [0.1, 0.15) is 0 Å². The molecule has 1 aromatic carbocycles. The summed E-state index contributed by atoms with van der Waals surface area (Å²) >= 11 is 1.63. The minimum atomic E-state index is -0.362. The first-order chi connectivity index (χ1) is 12.3. The second kappa shape index (κ2) is 6.17. The summed E-state index contributed by atoms with van der Waals surface area (Å²) in [4.78, 5) is 21.3. The van der Waals surface area contributed by atoms with Crippen LogP contribution in [0.4, 0.5) is 5.13 Å². The molecule has 0 saturated heterocycles. The van der Waals surface area contributed by atoms with Crippen molar-refractivity contribution < 1.29 is 4.79 Å². The lowest BCUT2D eigenvalue weighted by Crippen LogP contribution is -2.28. The maximum absolute atomic E-state index is 13.0. The SMILES string of the molecule is CN1CCc2nc(NC(=O)C3(c4ccc(C(C)(C)C)cc4)CC3)sc2C1. The number of amides is 1. The molecule has 1 amide bonds. The van der Waals surface area contributed by atoms with Crippen molar-refractivity contribution in [3.8, 4) is 0 Å². The van der Waals surface area contributed by atoms with Gasteiger partial charge in [-0.05, 0) is 36.4 Å². The second-order valence-corrected chi connectivity index (χ2v) is 9.82. The highest BCUT2D eigenvalue weighted by molar-refractivity contribution is 7.15. The zero-order valence-electron chi connectivity index (χ0n) is 16.1. The minimum absolute atomic E-state index is 0.0976. The Morgan fingerprint density at radius 1 is 1.23 bits per heavy atom. The normalized spacial score (nSPS) is 19.1. The molecule has 26 heavy (non-hydrogen) atoms. The van der Waals surface area contributed by atoms with E-state index in [2.05, 4.69) is 67.3 Å². The van der Waals surface area contributed by atoms with Crippen LogP contribution in [0, 0.1) is 0 Å². The van der Waals surface area contributed by atoms with E-state index >= 15 is 0 Å². The summed E-state index contributed by atoms with van der Waals surface area (Å²) in [5.74, 6) is 0.0976. The number of anilines is 1. The predicted octanol–water partition coefficient (Wildman–Crippen LogP) is 4.10. The van der Waals surface area contributed by atoms with Crippen LogP contribution < -0.4 is 5.32 Å². The third kappa shape index (κ3) is 3.19. The van der Waals surface area contributed by atoms with Crippen LogP contribution in [0.5, 0.6) is 0 Å². The van der Waals surface area contributed by atoms with Crippen LogP contribution in [0.25, 0.3) is 0 Å². The topological polar surface area (TPSA) is 45.2 Å². The van der Waals surface area contributed by atoms with Gasteiger partial charge < -0.3 is 10.2 Å². The number of thiazole rings is 1. The van der Waals surface area contributed by atoms with E-state index in [1.165, 1.54) is 10.4 Å². The number of likely N-dealkylation sites (N-methyl/N-ethyl adjacent to an activating group) is 1. The van der Waals surface area contributed by atoms with E-state index < -0.39 is 0 Å². The number of hydrogen-bond acceptors (Lipinski definition) is 4. The molecule has 1 N–H and O–H groups in total. The summed E-state index contributed by atoms with van der Waals surface area (Å²) in [5, 5.41) is 3.87. The Hall–Kier alpha value is -1.72. The molecule has 0 spiro atoms. The molecule has 2 aromatic rings. The number of nitrogens with zero attached hydrogens (tertiary/aromatic N) is 2. The van der Waals surface area contributed by atoms with Gasteiger partial charge in [0.05, 0.1) is 11.1 Å². The minimum Gasteiger partial charge on any atom is -0.301 e. The zero-order valence-corrected chi connectivity index (χ0v) is 16.9. The third-order valence-corrected chi connectivity index (χ3v) is 6.63. The van der Waals surface area contributed by atoms with Crippen molar-refractivity contribution in [1.82, 2.24) is 9.88 Å². The second-order valence-electron chi connectivity index (χ2n) is 8.74. The quantitative estimate of drug-likeness (QED) is 0.886. The molecule has 0 radical (unpaired) electrons. The molecular formula is C21H27N3OS. The van der Waals surface area contributed by atoms with Gasteiger partial charge in [-0.3, -0.25) is 4.79 Å². The van der Waals surface area contributed by atoms with Gasteiger partial charge in [-0.15, -0.1) is 11.3 Å². The van der Waals surface area contributed by atoms with Crippen LogP contribution in [0.3, 0.4) is 0 Å². The van der Waals surface area contributed by atoms with Crippen LogP contribution in [0.15, 0.2) is 24.3 Å². The Bertz CT molecular complexity index is 828. The molecule has 2 heterocycles. The summed E-state index contributed by atoms with van der Waals surface area (Å²) in [6.07, 6.45) is 2.81. The van der Waals surface area contributed by atoms with Gasteiger partial charge in [-0.25, -0.2) is 4.98 Å². The monoisotopic (exact) mass is 369 g/mol. The van der Waals surface area contributed by atoms with Gasteiger partial charge in [0.15, 0.2) is 5.13 Å². The molecule has 1 aliphatic heterocycles. The van der Waals surface area contributed by atoms with Crippen molar-refractivity contribution in [3.05, 3.63) is 46.0 Å². The third-order valence-electron chi connectivity index (χ3n) is 5.63. The van der Waals surface area contributed by atoms with Crippen molar-refractivity contribution in [1.29, 1.82) is 0 Å². The van der Waals surface area contributed by atoms with E-state index in [1.807, 2.05) is 0 Å². The first kappa shape index (κ1) is 17.7. The van der Waals surface area contributed by atoms with Gasteiger partial charge in [-0.2, -0.15) is 0 Å². The van der Waals surface area contributed by atoms with Crippen molar-refractivity contribution in [2.45, 2.75) is 57.4 Å². The fourth-order valence-electron chi connectivity index (χ4n) is 3.65. The standard InChI is InChI=1S/C21H27N3OS/c1-20(2,3)14-5-7-15(8-6-14)21(10-11-21)18(25)23-19-22-16-9-12-24(4)13-17(16)26-19/h5-8H,9-13H2,1-4H3,(H,22,23,25). The van der Waals surface area contributed by atoms with Crippen molar-refractivity contribution in [2.75, 3.05) is 18.9 Å². The molecule has 138 valence electrons. The van der Waals surface area contributed by atoms with E-state index in [4.69, 9.17) is 0 Å². The van der Waals surface area contributed by atoms with Crippen LogP contribution in [-0.2, 0) is 28.6 Å². The van der Waals surface area contributed by atoms with Crippen molar-refractivity contribution >= 4 is 22.4 Å². The smallest absolute Gasteiger partial charge is 0.236 e. The molecule has 1 saturated carbocycles. The Kier molecular flexibility index (Phi) is 4.20. The first-order valence-corrected chi connectivity index (χ1v) is 10.2. The number of hydrogen-bond donors (Lipinski definition) is 1. The largest absolute Gasteiger partial charge is 0.301 e. The summed E-state index contributed by atoms with van der Waals surface area (Å²) in [7, 11) is 2.13. The van der Waals surface area contributed by atoms with Gasteiger partial charge in [0.25, 0.3) is 0 Å². The molecule has 4 nitrogen and oxygen atoms in total. The summed E-state index contributed by atoms with van der Waals surface area (Å²) in [5.41, 5.74) is 3.35. The maximum Gasteiger partial charge on any atom is 0.236 e. The number of fused-ring (bicyclic) bond motifs is 1. The first-order valence-electron chi connectivity index (χ1n) is 9.37. The van der Waals surface area contributed by atoms with E-state index in [0.717, 1.165) is 48.7 Å². The average Bonchev–Trinajstić information content (AvgIpc) is 3.30. The summed E-state index contributed by atoms with van der Waals surface area (Å²) < 4.78 is 0. The molecule has 1 fully saturated rings. The van der Waals surface area contributed by atoms with E-state index in [1.54, 1.807) is 11.3 Å². The Morgan fingerprint density at radius 3 is 2.54 bits per heavy atom. The van der Waals surface area contributed by atoms with Crippen molar-refractivity contribution in [2.24, 2.45) is 0 Å². The summed E-state index contributed by atoms with van der Waals surface area (Å²) in [6, 6.07) is 8.60. The Morgan fingerprint density at radius 2 is 1.92 bits per heavy atom. The number of rotatable bonds is 3. The highest BCUT2D eigenvalue weighted by Gasteiger charge is 2.51. The molecule has 1 aliphatic carbocycles. The van der Waals surface area contributed by atoms with Crippen molar-refractivity contribution in [3.63, 3.8) is 0 Å². The number of carbonyl (C=O) groups excluding carboxylic acids is 1. The fourth-order valence-corrected chi connectivity index (χ4v) is 4.74. The molecule has 4 rings (SSSR count). The summed E-state index contributed by atoms with van der Waals surface area (Å²) in [6.45, 7) is 8.60. The van der Waals surface area contributed by atoms with E-state index in [-0.39, 0.29) is 16.7 Å². The number of nitrogens with one attached hydrogen (secondary N) is 1. The maximum atomic E-state index is 13.0. The lowest BCUT2D eigenvalue weighted by molar-refractivity contribution is -0.118. The van der Waals surface area contributed by atoms with E-state index in [0.29, 0.717) is 0 Å². The highest BCUT2D eigenvalue weighted by Crippen LogP contribution is 2.49. The number of carbonyl (C=O) groups is 1. The molecule has 2 aliphatic rings. The van der Waals surface area contributed by atoms with Crippen LogP contribution >= 0.6 is 11.3 Å². The van der Waals surface area contributed by atoms with Gasteiger partial charge in [-0.1, -0.05) is 45.0 Å². The van der Waals surface area contributed by atoms with Gasteiger partial charge in [0.2, 0.25) is 5.91 Å². The molecule has 1 aromatic heterocycles. The highest BCUT2D eigenvalue weighted by atomic mass is 32.1. The molecule has 0 atom stereocenters. The number of benzene rings is 1. The number of aromatic nitrogens is 1. The molecule has 0 bridgehead atoms. The Labute approximate surface area is 159 Å². The molecule has 5 heteroatoms. The van der Waals surface area contributed by atoms with Crippen LogP contribution in [-0.4, -0.2) is 29.4 Å². The average molecular weight is 370 g/mol. The lowest BCUT2D eigenvalue weighted by Gasteiger charge is -2.21. The predicted molar refractivity (Wildman–Crippen MR) is 107 cm³/mol. The van der Waals surface area contributed by atoms with Crippen LogP contribution in [0.1, 0.15) is 55.3 Å². The lowest BCUT2D eigenvalue weighted by atomic mass is 9.85. The molecule has 0 unspecified atom stereocenters. The van der Waals surface area contributed by atoms with E-state index in [9.17, 15) is 4.79 Å². The van der Waals surface area contributed by atoms with Gasteiger partial charge >= 0.3 is 0 Å². The van der Waals surface area contributed by atoms with Gasteiger partial charge in [0, 0.05) is 24.4 Å². The fraction of sp³-hybridized carbons (Fsp3) is 0.524. The molecular weight excluding hydrogens is 342 g/mol. The zero-order chi connectivity index (χ0) is 18.5. The van der Waals surface area contributed by atoms with Crippen LogP contribution in [0.2, 0.25) is 0 Å².